The van der Waals surface area contributed by atoms with Crippen LogP contribution in [0.15, 0.2) is 34.9 Å². The molecule has 2 bridgehead atoms. The summed E-state index contributed by atoms with van der Waals surface area (Å²) in [6.45, 7) is -0.322. The van der Waals surface area contributed by atoms with Crippen LogP contribution in [0.25, 0.3) is 0 Å². The summed E-state index contributed by atoms with van der Waals surface area (Å²) < 4.78 is 60.7. The lowest BCUT2D eigenvalue weighted by Crippen LogP contribution is -2.84. The Balaban J connectivity index is 1.24. The molecule has 0 radical (unpaired) electrons. The molecule has 5 rings (SSSR count). The SMILES string of the molecule is O=C(COc1ccc(Cl)c(F)c1)NC12CC(NC(=O)c3coc(C(F)(F)F)c3)(C1)C2. The molecule has 3 saturated carbocycles. The van der Waals surface area contributed by atoms with E-state index >= 15 is 0 Å². The first-order valence-electron chi connectivity index (χ1n) is 8.86. The van der Waals surface area contributed by atoms with Crippen LogP contribution in [-0.2, 0) is 11.0 Å². The number of benzene rings is 1. The number of hydrogen-bond acceptors (Lipinski definition) is 4. The maximum absolute atomic E-state index is 13.4. The fourth-order valence-corrected chi connectivity index (χ4v) is 4.13. The molecular formula is C19H15ClF4N2O4. The number of amides is 2. The van der Waals surface area contributed by atoms with Gasteiger partial charge in [0, 0.05) is 23.2 Å². The average Bonchev–Trinajstić information content (AvgIpc) is 3.10. The van der Waals surface area contributed by atoms with E-state index in [-0.39, 0.29) is 22.9 Å². The minimum absolute atomic E-state index is 0.0573. The van der Waals surface area contributed by atoms with Gasteiger partial charge in [-0.1, -0.05) is 11.6 Å². The van der Waals surface area contributed by atoms with Gasteiger partial charge in [-0.05, 0) is 31.4 Å². The first-order valence-corrected chi connectivity index (χ1v) is 9.24. The zero-order valence-corrected chi connectivity index (χ0v) is 16.0. The van der Waals surface area contributed by atoms with Gasteiger partial charge in [0.25, 0.3) is 11.8 Å². The van der Waals surface area contributed by atoms with E-state index in [0.29, 0.717) is 25.3 Å². The Kier molecular flexibility index (Phi) is 4.72. The normalized spacial score (nSPS) is 24.4. The highest BCUT2D eigenvalue weighted by Gasteiger charge is 2.69. The first-order chi connectivity index (χ1) is 14.0. The van der Waals surface area contributed by atoms with Gasteiger partial charge in [0.2, 0.25) is 5.76 Å². The molecule has 0 atom stereocenters. The van der Waals surface area contributed by atoms with Crippen molar-refractivity contribution in [2.24, 2.45) is 0 Å². The minimum atomic E-state index is -4.66. The Morgan fingerprint density at radius 1 is 1.13 bits per heavy atom. The van der Waals surface area contributed by atoms with E-state index < -0.39 is 40.6 Å². The topological polar surface area (TPSA) is 80.6 Å². The lowest BCUT2D eigenvalue weighted by Gasteiger charge is -2.70. The van der Waals surface area contributed by atoms with Gasteiger partial charge in [-0.25, -0.2) is 4.39 Å². The molecule has 30 heavy (non-hydrogen) atoms. The molecule has 0 saturated heterocycles. The van der Waals surface area contributed by atoms with Crippen molar-refractivity contribution < 1.29 is 36.3 Å². The Hall–Kier alpha value is -2.75. The number of ether oxygens (including phenoxy) is 1. The van der Waals surface area contributed by atoms with Crippen molar-refractivity contribution in [3.05, 3.63) is 52.7 Å². The standard InChI is InChI=1S/C19H15ClF4N2O4/c20-12-2-1-11(4-13(12)21)29-6-15(27)25-17-7-18(8-17,9-17)26-16(28)10-3-14(30-5-10)19(22,23)24/h1-5H,6-9H2,(H,25,27)(H,26,28). The molecule has 11 heteroatoms. The average molecular weight is 447 g/mol. The quantitative estimate of drug-likeness (QED) is 0.663. The smallest absolute Gasteiger partial charge is 0.449 e. The maximum Gasteiger partial charge on any atom is 0.449 e. The van der Waals surface area contributed by atoms with Gasteiger partial charge in [-0.15, -0.1) is 0 Å². The van der Waals surface area contributed by atoms with Crippen molar-refractivity contribution in [3.63, 3.8) is 0 Å². The Morgan fingerprint density at radius 2 is 1.80 bits per heavy atom. The number of rotatable bonds is 6. The van der Waals surface area contributed by atoms with E-state index in [9.17, 15) is 27.2 Å². The van der Waals surface area contributed by atoms with E-state index in [4.69, 9.17) is 16.3 Å². The zero-order valence-electron chi connectivity index (χ0n) is 15.2. The molecule has 3 aliphatic rings. The van der Waals surface area contributed by atoms with E-state index in [2.05, 4.69) is 15.1 Å². The number of nitrogens with one attached hydrogen (secondary N) is 2. The highest BCUT2D eigenvalue weighted by atomic mass is 35.5. The number of halogens is 5. The van der Waals surface area contributed by atoms with Gasteiger partial charge in [0.1, 0.15) is 17.8 Å². The Morgan fingerprint density at radius 3 is 2.40 bits per heavy atom. The molecule has 3 aliphatic carbocycles. The third kappa shape index (κ3) is 3.83. The zero-order chi connectivity index (χ0) is 21.7. The predicted octanol–water partition coefficient (Wildman–Crippen LogP) is 3.69. The second kappa shape index (κ2) is 6.90. The third-order valence-corrected chi connectivity index (χ3v) is 5.52. The number of hydrogen-bond donors (Lipinski definition) is 2. The van der Waals surface area contributed by atoms with Crippen LogP contribution < -0.4 is 15.4 Å². The van der Waals surface area contributed by atoms with Crippen LogP contribution in [0, 0.1) is 5.82 Å². The molecular weight excluding hydrogens is 432 g/mol. The van der Waals surface area contributed by atoms with Crippen molar-refractivity contribution in [3.8, 4) is 5.75 Å². The molecule has 0 spiro atoms. The van der Waals surface area contributed by atoms with Gasteiger partial charge in [0.15, 0.2) is 6.61 Å². The van der Waals surface area contributed by atoms with Crippen molar-refractivity contribution in [2.45, 2.75) is 36.5 Å². The van der Waals surface area contributed by atoms with E-state index in [1.54, 1.807) is 0 Å². The molecule has 2 amide bonds. The molecule has 1 heterocycles. The molecule has 1 aromatic carbocycles. The molecule has 3 fully saturated rings. The van der Waals surface area contributed by atoms with Crippen molar-refractivity contribution in [2.75, 3.05) is 6.61 Å². The van der Waals surface area contributed by atoms with Crippen LogP contribution in [0.2, 0.25) is 5.02 Å². The van der Waals surface area contributed by atoms with Crippen LogP contribution >= 0.6 is 11.6 Å². The monoisotopic (exact) mass is 446 g/mol. The number of alkyl halides is 3. The second-order valence-corrected chi connectivity index (χ2v) is 8.06. The maximum atomic E-state index is 13.4. The highest BCUT2D eigenvalue weighted by Crippen LogP contribution is 2.60. The van der Waals surface area contributed by atoms with Crippen LogP contribution in [0.1, 0.15) is 35.4 Å². The molecule has 6 nitrogen and oxygen atoms in total. The predicted molar refractivity (Wildman–Crippen MR) is 95.5 cm³/mol. The van der Waals surface area contributed by atoms with Gasteiger partial charge in [0.05, 0.1) is 10.6 Å². The number of carbonyl (C=O) groups is 2. The fraction of sp³-hybridized carbons (Fsp3) is 0.368. The molecule has 0 aliphatic heterocycles. The van der Waals surface area contributed by atoms with Gasteiger partial charge < -0.3 is 19.8 Å². The Labute approximate surface area is 172 Å². The van der Waals surface area contributed by atoms with E-state index in [1.807, 2.05) is 0 Å². The summed E-state index contributed by atoms with van der Waals surface area (Å²) >= 11 is 5.58. The fourth-order valence-electron chi connectivity index (χ4n) is 4.02. The van der Waals surface area contributed by atoms with E-state index in [1.165, 1.54) is 12.1 Å². The molecule has 1 aromatic heterocycles. The van der Waals surface area contributed by atoms with Crippen molar-refractivity contribution in [1.29, 1.82) is 0 Å². The minimum Gasteiger partial charge on any atom is -0.484 e. The summed E-state index contributed by atoms with van der Waals surface area (Å²) in [6, 6.07) is 4.47. The molecule has 0 unspecified atom stereocenters. The summed E-state index contributed by atoms with van der Waals surface area (Å²) in [4.78, 5) is 24.3. The lowest BCUT2D eigenvalue weighted by molar-refractivity contribution is -0.153. The molecule has 2 N–H and O–H groups in total. The number of carbonyl (C=O) groups excluding carboxylic acids is 2. The lowest BCUT2D eigenvalue weighted by atomic mass is 9.44. The van der Waals surface area contributed by atoms with Crippen LogP contribution in [0.5, 0.6) is 5.75 Å². The van der Waals surface area contributed by atoms with Crippen molar-refractivity contribution >= 4 is 23.4 Å². The van der Waals surface area contributed by atoms with Gasteiger partial charge in [-0.2, -0.15) is 13.2 Å². The van der Waals surface area contributed by atoms with Gasteiger partial charge in [-0.3, -0.25) is 9.59 Å². The number of furan rings is 1. The van der Waals surface area contributed by atoms with Crippen LogP contribution in [-0.4, -0.2) is 29.5 Å². The van der Waals surface area contributed by atoms with Crippen LogP contribution in [0.4, 0.5) is 17.6 Å². The van der Waals surface area contributed by atoms with E-state index in [0.717, 1.165) is 12.3 Å². The summed E-state index contributed by atoms with van der Waals surface area (Å²) in [7, 11) is 0. The summed E-state index contributed by atoms with van der Waals surface area (Å²) in [6.07, 6.45) is -2.54. The second-order valence-electron chi connectivity index (χ2n) is 7.66. The Bertz CT molecular complexity index is 1000. The molecule has 160 valence electrons. The third-order valence-electron chi connectivity index (χ3n) is 5.22. The largest absolute Gasteiger partial charge is 0.484 e. The summed E-state index contributed by atoms with van der Waals surface area (Å²) in [5.41, 5.74) is -1.25. The summed E-state index contributed by atoms with van der Waals surface area (Å²) in [5.74, 6) is -2.82. The molecule has 2 aromatic rings. The van der Waals surface area contributed by atoms with Gasteiger partial charge >= 0.3 is 6.18 Å². The highest BCUT2D eigenvalue weighted by molar-refractivity contribution is 6.30. The van der Waals surface area contributed by atoms with Crippen molar-refractivity contribution in [1.82, 2.24) is 10.6 Å². The first kappa shape index (κ1) is 20.5. The van der Waals surface area contributed by atoms with Crippen LogP contribution in [0.3, 0.4) is 0 Å². The summed E-state index contributed by atoms with van der Waals surface area (Å²) in [5, 5.41) is 5.46.